The van der Waals surface area contributed by atoms with Crippen LogP contribution >= 0.6 is 0 Å². The summed E-state index contributed by atoms with van der Waals surface area (Å²) in [5, 5.41) is 1.15. The van der Waals surface area contributed by atoms with Crippen LogP contribution in [0.25, 0.3) is 21.9 Å². The van der Waals surface area contributed by atoms with E-state index in [2.05, 4.69) is 11.7 Å². The van der Waals surface area contributed by atoms with Crippen LogP contribution in [-0.2, 0) is 6.42 Å². The van der Waals surface area contributed by atoms with Crippen molar-refractivity contribution in [2.45, 2.75) is 58.2 Å². The molecule has 0 aliphatic heterocycles. The molecule has 0 amide bonds. The Morgan fingerprint density at radius 1 is 0.879 bits per heavy atom. The summed E-state index contributed by atoms with van der Waals surface area (Å²) in [4.78, 5) is 0. The Balaban J connectivity index is 1.50. The van der Waals surface area contributed by atoms with Crippen LogP contribution in [0.3, 0.4) is 0 Å². The zero-order valence-electron chi connectivity index (χ0n) is 18.5. The van der Waals surface area contributed by atoms with E-state index in [-0.39, 0.29) is 11.1 Å². The molecule has 3 aromatic carbocycles. The van der Waals surface area contributed by atoms with E-state index >= 15 is 4.39 Å². The maximum atomic E-state index is 15.2. The first-order chi connectivity index (χ1) is 15.7. The van der Waals surface area contributed by atoms with Gasteiger partial charge >= 0.3 is 6.36 Å². The van der Waals surface area contributed by atoms with Crippen molar-refractivity contribution in [2.75, 3.05) is 0 Å². The molecule has 0 heterocycles. The van der Waals surface area contributed by atoms with Crippen LogP contribution in [0, 0.1) is 23.5 Å². The molecule has 3 aromatic rings. The molecule has 1 aliphatic rings. The summed E-state index contributed by atoms with van der Waals surface area (Å²) < 4.78 is 70.0. The molecule has 176 valence electrons. The summed E-state index contributed by atoms with van der Waals surface area (Å²) in [6, 6.07) is 11.9. The van der Waals surface area contributed by atoms with Gasteiger partial charge in [-0.15, -0.1) is 13.2 Å². The Labute approximate surface area is 190 Å². The van der Waals surface area contributed by atoms with Crippen molar-refractivity contribution in [2.24, 2.45) is 11.8 Å². The van der Waals surface area contributed by atoms with Crippen molar-refractivity contribution in [3.05, 3.63) is 65.7 Å². The van der Waals surface area contributed by atoms with Crippen molar-refractivity contribution in [3.63, 3.8) is 0 Å². The molecule has 1 aliphatic carbocycles. The van der Waals surface area contributed by atoms with Crippen molar-refractivity contribution < 1.29 is 26.7 Å². The zero-order chi connectivity index (χ0) is 23.6. The van der Waals surface area contributed by atoms with Crippen molar-refractivity contribution >= 4 is 10.8 Å². The topological polar surface area (TPSA) is 9.23 Å². The quantitative estimate of drug-likeness (QED) is 0.333. The van der Waals surface area contributed by atoms with Crippen molar-refractivity contribution in [3.8, 4) is 16.9 Å². The molecule has 0 spiro atoms. The van der Waals surface area contributed by atoms with Gasteiger partial charge in [-0.1, -0.05) is 75.4 Å². The maximum absolute atomic E-state index is 15.2. The molecular formula is C27H27F5O. The van der Waals surface area contributed by atoms with Gasteiger partial charge < -0.3 is 4.74 Å². The Hall–Kier alpha value is -2.63. The van der Waals surface area contributed by atoms with E-state index < -0.39 is 23.7 Å². The highest BCUT2D eigenvalue weighted by molar-refractivity contribution is 5.88. The number of alkyl halides is 3. The second-order valence-corrected chi connectivity index (χ2v) is 9.01. The van der Waals surface area contributed by atoms with E-state index in [1.165, 1.54) is 44.2 Å². The number of halogens is 5. The molecule has 33 heavy (non-hydrogen) atoms. The molecule has 1 fully saturated rings. The number of fused-ring (bicyclic) bond motifs is 1. The Morgan fingerprint density at radius 3 is 2.27 bits per heavy atom. The van der Waals surface area contributed by atoms with Crippen LogP contribution in [0.5, 0.6) is 5.75 Å². The van der Waals surface area contributed by atoms with Gasteiger partial charge in [-0.05, 0) is 53.3 Å². The molecule has 1 saturated carbocycles. The minimum Gasteiger partial charge on any atom is -0.403 e. The van der Waals surface area contributed by atoms with Gasteiger partial charge in [0.15, 0.2) is 11.6 Å². The third-order valence-electron chi connectivity index (χ3n) is 6.87. The smallest absolute Gasteiger partial charge is 0.403 e. The SMILES string of the molecule is CCC1CCC(CCc2ccc3c(F)c(-c4ccc(OC(F)(F)F)c(F)c4)ccc3c2)CC1. The first-order valence-corrected chi connectivity index (χ1v) is 11.5. The number of hydrogen-bond donors (Lipinski definition) is 0. The fraction of sp³-hybridized carbons (Fsp3) is 0.407. The van der Waals surface area contributed by atoms with E-state index in [0.717, 1.165) is 47.8 Å². The highest BCUT2D eigenvalue weighted by atomic mass is 19.4. The summed E-state index contributed by atoms with van der Waals surface area (Å²) in [6.07, 6.45) is 3.56. The largest absolute Gasteiger partial charge is 0.573 e. The van der Waals surface area contributed by atoms with Crippen molar-refractivity contribution in [1.82, 2.24) is 0 Å². The highest BCUT2D eigenvalue weighted by Gasteiger charge is 2.32. The minimum atomic E-state index is -5.00. The van der Waals surface area contributed by atoms with Crippen molar-refractivity contribution in [1.29, 1.82) is 0 Å². The molecule has 0 radical (unpaired) electrons. The second-order valence-electron chi connectivity index (χ2n) is 9.01. The Bertz CT molecular complexity index is 1110. The predicted molar refractivity (Wildman–Crippen MR) is 120 cm³/mol. The Morgan fingerprint density at radius 2 is 1.61 bits per heavy atom. The normalized spacial score (nSPS) is 19.1. The fourth-order valence-corrected chi connectivity index (χ4v) is 4.89. The van der Waals surface area contributed by atoms with E-state index in [4.69, 9.17) is 0 Å². The number of aryl methyl sites for hydroxylation is 1. The average molecular weight is 463 g/mol. The number of ether oxygens (including phenoxy) is 1. The van der Waals surface area contributed by atoms with Crippen LogP contribution in [0.2, 0.25) is 0 Å². The third-order valence-corrected chi connectivity index (χ3v) is 6.87. The van der Waals surface area contributed by atoms with E-state index in [1.807, 2.05) is 12.1 Å². The lowest BCUT2D eigenvalue weighted by molar-refractivity contribution is -0.275. The number of benzene rings is 3. The monoisotopic (exact) mass is 462 g/mol. The second kappa shape index (κ2) is 9.70. The van der Waals surface area contributed by atoms with Gasteiger partial charge in [0, 0.05) is 10.9 Å². The molecule has 4 rings (SSSR count). The molecule has 0 N–H and O–H groups in total. The van der Waals surface area contributed by atoms with E-state index in [1.54, 1.807) is 12.1 Å². The van der Waals surface area contributed by atoms with Gasteiger partial charge in [0.25, 0.3) is 0 Å². The lowest BCUT2D eigenvalue weighted by atomic mass is 9.78. The van der Waals surface area contributed by atoms with Crippen LogP contribution in [0.1, 0.15) is 51.0 Å². The maximum Gasteiger partial charge on any atom is 0.573 e. The Kier molecular flexibility index (Phi) is 6.91. The summed E-state index contributed by atoms with van der Waals surface area (Å²) in [7, 11) is 0. The van der Waals surface area contributed by atoms with Gasteiger partial charge in [-0.25, -0.2) is 8.78 Å². The predicted octanol–water partition coefficient (Wildman–Crippen LogP) is 8.83. The molecule has 1 nitrogen and oxygen atoms in total. The lowest BCUT2D eigenvalue weighted by Crippen LogP contribution is -2.17. The van der Waals surface area contributed by atoms with Gasteiger partial charge in [0.05, 0.1) is 0 Å². The standard InChI is InChI=1S/C27H27F5O/c1-2-17-3-5-18(6-4-17)7-8-19-9-12-22-20(15-19)10-13-23(26(22)29)21-11-14-25(24(28)16-21)33-27(30,31)32/h9-18H,2-8H2,1H3. The molecular weight excluding hydrogens is 435 g/mol. The van der Waals surface area contributed by atoms with Gasteiger partial charge in [0.2, 0.25) is 0 Å². The summed E-state index contributed by atoms with van der Waals surface area (Å²) in [6.45, 7) is 2.26. The summed E-state index contributed by atoms with van der Waals surface area (Å²) in [5.41, 5.74) is 1.43. The summed E-state index contributed by atoms with van der Waals surface area (Å²) >= 11 is 0. The van der Waals surface area contributed by atoms with Crippen LogP contribution in [0.15, 0.2) is 48.5 Å². The molecule has 0 aromatic heterocycles. The summed E-state index contributed by atoms with van der Waals surface area (Å²) in [5.74, 6) is -1.04. The van der Waals surface area contributed by atoms with Gasteiger partial charge in [-0.2, -0.15) is 0 Å². The zero-order valence-corrected chi connectivity index (χ0v) is 18.5. The van der Waals surface area contributed by atoms with Gasteiger partial charge in [0.1, 0.15) is 5.82 Å². The lowest BCUT2D eigenvalue weighted by Gasteiger charge is -2.27. The minimum absolute atomic E-state index is 0.125. The highest BCUT2D eigenvalue weighted by Crippen LogP contribution is 2.35. The molecule has 0 unspecified atom stereocenters. The molecule has 0 atom stereocenters. The number of hydrogen-bond acceptors (Lipinski definition) is 1. The van der Waals surface area contributed by atoms with E-state index in [9.17, 15) is 17.6 Å². The van der Waals surface area contributed by atoms with Crippen LogP contribution in [-0.4, -0.2) is 6.36 Å². The van der Waals surface area contributed by atoms with Crippen LogP contribution in [0.4, 0.5) is 22.0 Å². The third kappa shape index (κ3) is 5.66. The number of rotatable bonds is 6. The van der Waals surface area contributed by atoms with Gasteiger partial charge in [-0.3, -0.25) is 0 Å². The fourth-order valence-electron chi connectivity index (χ4n) is 4.89. The molecule has 6 heteroatoms. The average Bonchev–Trinajstić information content (AvgIpc) is 2.79. The first kappa shape index (κ1) is 23.5. The molecule has 0 saturated heterocycles. The molecule has 0 bridgehead atoms. The van der Waals surface area contributed by atoms with Crippen LogP contribution < -0.4 is 4.74 Å². The van der Waals surface area contributed by atoms with E-state index in [0.29, 0.717) is 5.39 Å². The first-order valence-electron chi connectivity index (χ1n) is 11.5.